The van der Waals surface area contributed by atoms with Gasteiger partial charge in [-0.2, -0.15) is 5.26 Å². The van der Waals surface area contributed by atoms with Gasteiger partial charge in [-0.15, -0.1) is 11.3 Å². The lowest BCUT2D eigenvalue weighted by molar-refractivity contribution is 0.603. The number of hydrogen-bond donors (Lipinski definition) is 0. The molecule has 0 aliphatic carbocycles. The van der Waals surface area contributed by atoms with Gasteiger partial charge in [-0.3, -0.25) is 0 Å². The van der Waals surface area contributed by atoms with Crippen molar-refractivity contribution in [1.29, 1.82) is 5.26 Å². The van der Waals surface area contributed by atoms with Crippen LogP contribution in [0.25, 0.3) is 6.08 Å². The molecule has 3 nitrogen and oxygen atoms in total. The first kappa shape index (κ1) is 15.0. The van der Waals surface area contributed by atoms with Crippen LogP contribution in [-0.4, -0.2) is 8.42 Å². The van der Waals surface area contributed by atoms with Crippen molar-refractivity contribution in [1.82, 2.24) is 0 Å². The number of allylic oxidation sites excluding steroid dienone is 1. The summed E-state index contributed by atoms with van der Waals surface area (Å²) < 4.78 is 25.6. The van der Waals surface area contributed by atoms with Crippen molar-refractivity contribution in [2.75, 3.05) is 0 Å². The Morgan fingerprint density at radius 1 is 1.35 bits per heavy atom. The lowest BCUT2D eigenvalue weighted by Gasteiger charge is -2.03. The molecule has 6 heteroatoms. The maximum absolute atomic E-state index is 12.4. The molecule has 2 rings (SSSR count). The Labute approximate surface area is 130 Å². The highest BCUT2D eigenvalue weighted by Crippen LogP contribution is 2.26. The number of nitrogens with zero attached hydrogens (tertiary/aromatic N) is 1. The second-order valence-electron chi connectivity index (χ2n) is 4.10. The summed E-state index contributed by atoms with van der Waals surface area (Å²) in [5, 5.41) is 11.0. The van der Waals surface area contributed by atoms with Gasteiger partial charge in [-0.25, -0.2) is 8.42 Å². The van der Waals surface area contributed by atoms with Gasteiger partial charge in [0.15, 0.2) is 4.91 Å². The molecule has 20 heavy (non-hydrogen) atoms. The van der Waals surface area contributed by atoms with E-state index in [2.05, 4.69) is 15.9 Å². The average Bonchev–Trinajstić information content (AvgIpc) is 2.82. The predicted octanol–water partition coefficient (Wildman–Crippen LogP) is 4.16. The number of hydrogen-bond acceptors (Lipinski definition) is 4. The first-order chi connectivity index (χ1) is 9.43. The topological polar surface area (TPSA) is 57.9 Å². The molecule has 0 radical (unpaired) electrons. The monoisotopic (exact) mass is 367 g/mol. The molecule has 0 atom stereocenters. The van der Waals surface area contributed by atoms with Crippen LogP contribution in [0.2, 0.25) is 0 Å². The molecule has 1 aromatic heterocycles. The van der Waals surface area contributed by atoms with Crippen molar-refractivity contribution >= 4 is 43.2 Å². The van der Waals surface area contributed by atoms with Crippen LogP contribution in [0, 0.1) is 18.3 Å². The van der Waals surface area contributed by atoms with Crippen LogP contribution in [0.15, 0.2) is 50.0 Å². The molecule has 0 bridgehead atoms. The van der Waals surface area contributed by atoms with Crippen molar-refractivity contribution in [2.45, 2.75) is 11.8 Å². The Morgan fingerprint density at radius 3 is 2.50 bits per heavy atom. The van der Waals surface area contributed by atoms with E-state index in [9.17, 15) is 8.42 Å². The molecule has 0 saturated carbocycles. The van der Waals surface area contributed by atoms with Gasteiger partial charge in [-0.1, -0.05) is 17.7 Å². The molecular weight excluding hydrogens is 358 g/mol. The quantitative estimate of drug-likeness (QED) is 0.765. The zero-order valence-corrected chi connectivity index (χ0v) is 13.7. The molecule has 0 saturated heterocycles. The molecule has 0 aliphatic heterocycles. The highest BCUT2D eigenvalue weighted by molar-refractivity contribution is 9.10. The summed E-state index contributed by atoms with van der Waals surface area (Å²) in [5.41, 5.74) is 0.966. The minimum absolute atomic E-state index is 0.131. The Hall–Kier alpha value is -1.42. The molecule has 102 valence electrons. The fourth-order valence-electron chi connectivity index (χ4n) is 1.55. The molecule has 0 unspecified atom stereocenters. The third-order valence-electron chi connectivity index (χ3n) is 2.59. The highest BCUT2D eigenvalue weighted by atomic mass is 79.9. The Balaban J connectivity index is 2.48. The van der Waals surface area contributed by atoms with Crippen LogP contribution in [0.1, 0.15) is 10.4 Å². The van der Waals surface area contributed by atoms with Crippen LogP contribution < -0.4 is 0 Å². The second-order valence-corrected chi connectivity index (χ2v) is 7.88. The number of rotatable bonds is 3. The molecule has 1 heterocycles. The fraction of sp³-hybridized carbons (Fsp3) is 0.0714. The van der Waals surface area contributed by atoms with Crippen LogP contribution in [-0.2, 0) is 9.84 Å². The maximum Gasteiger partial charge on any atom is 0.216 e. The number of sulfone groups is 1. The molecule has 0 spiro atoms. The summed E-state index contributed by atoms with van der Waals surface area (Å²) in [6, 6.07) is 10.0. The summed E-state index contributed by atoms with van der Waals surface area (Å²) in [7, 11) is -3.77. The van der Waals surface area contributed by atoms with Crippen molar-refractivity contribution < 1.29 is 8.42 Å². The molecule has 0 N–H and O–H groups in total. The minimum atomic E-state index is -3.77. The van der Waals surface area contributed by atoms with E-state index in [1.807, 2.05) is 12.3 Å². The Kier molecular flexibility index (Phi) is 4.43. The van der Waals surface area contributed by atoms with Crippen LogP contribution in [0.3, 0.4) is 0 Å². The Morgan fingerprint density at radius 2 is 2.00 bits per heavy atom. The average molecular weight is 368 g/mol. The number of aryl methyl sites for hydroxylation is 1. The third kappa shape index (κ3) is 3.18. The minimum Gasteiger partial charge on any atom is -0.218 e. The molecule has 0 aliphatic rings. The highest BCUT2D eigenvalue weighted by Gasteiger charge is 2.20. The number of thiophene rings is 1. The summed E-state index contributed by atoms with van der Waals surface area (Å²) in [6.07, 6.45) is 1.39. The molecule has 1 aromatic carbocycles. The Bertz CT molecular complexity index is 796. The van der Waals surface area contributed by atoms with E-state index < -0.39 is 9.84 Å². The maximum atomic E-state index is 12.4. The van der Waals surface area contributed by atoms with E-state index in [0.717, 1.165) is 10.0 Å². The lowest BCUT2D eigenvalue weighted by Crippen LogP contribution is -2.03. The molecular formula is C14H10BrNO2S2. The van der Waals surface area contributed by atoms with Crippen LogP contribution in [0.5, 0.6) is 0 Å². The van der Waals surface area contributed by atoms with E-state index >= 15 is 0 Å². The van der Waals surface area contributed by atoms with Gasteiger partial charge < -0.3 is 0 Å². The summed E-state index contributed by atoms with van der Waals surface area (Å²) >= 11 is 4.66. The van der Waals surface area contributed by atoms with Gasteiger partial charge in [0.2, 0.25) is 9.84 Å². The molecule has 0 amide bonds. The molecule has 2 aromatic rings. The van der Waals surface area contributed by atoms with Crippen molar-refractivity contribution in [3.8, 4) is 6.07 Å². The van der Waals surface area contributed by atoms with Crippen LogP contribution in [0.4, 0.5) is 0 Å². The zero-order valence-electron chi connectivity index (χ0n) is 10.5. The summed E-state index contributed by atoms with van der Waals surface area (Å²) in [6.45, 7) is 1.88. The standard InChI is InChI=1S/C14H10BrNO2S2/c1-10-2-4-13(5-3-10)20(17,18)14(8-16)7-12-6-11(15)9-19-12/h2-7,9H,1H3/b14-7+. The predicted molar refractivity (Wildman–Crippen MR) is 84.0 cm³/mol. The van der Waals surface area contributed by atoms with Gasteiger partial charge in [0.1, 0.15) is 6.07 Å². The smallest absolute Gasteiger partial charge is 0.216 e. The van der Waals surface area contributed by atoms with E-state index in [0.29, 0.717) is 4.88 Å². The van der Waals surface area contributed by atoms with Gasteiger partial charge in [-0.05, 0) is 47.1 Å². The van der Waals surface area contributed by atoms with Crippen LogP contribution >= 0.6 is 27.3 Å². The van der Waals surface area contributed by atoms with E-state index in [1.165, 1.54) is 29.5 Å². The van der Waals surface area contributed by atoms with E-state index in [1.54, 1.807) is 24.3 Å². The van der Waals surface area contributed by atoms with Gasteiger partial charge in [0.25, 0.3) is 0 Å². The third-order valence-corrected chi connectivity index (χ3v) is 5.91. The van der Waals surface area contributed by atoms with E-state index in [4.69, 9.17) is 5.26 Å². The van der Waals surface area contributed by atoms with E-state index in [-0.39, 0.29) is 9.80 Å². The lowest BCUT2D eigenvalue weighted by atomic mass is 10.2. The summed E-state index contributed by atoms with van der Waals surface area (Å²) in [5.74, 6) is 0. The van der Waals surface area contributed by atoms with Gasteiger partial charge in [0, 0.05) is 14.7 Å². The van der Waals surface area contributed by atoms with Crippen molar-refractivity contribution in [2.24, 2.45) is 0 Å². The largest absolute Gasteiger partial charge is 0.218 e. The number of benzene rings is 1. The van der Waals surface area contributed by atoms with Crippen molar-refractivity contribution in [3.63, 3.8) is 0 Å². The number of halogens is 1. The first-order valence-corrected chi connectivity index (χ1v) is 8.76. The van der Waals surface area contributed by atoms with Gasteiger partial charge in [0.05, 0.1) is 4.90 Å². The fourth-order valence-corrected chi connectivity index (χ4v) is 4.15. The second kappa shape index (κ2) is 5.92. The summed E-state index contributed by atoms with van der Waals surface area (Å²) in [4.78, 5) is 0.589. The normalized spacial score (nSPS) is 12.2. The number of nitriles is 1. The van der Waals surface area contributed by atoms with Crippen molar-refractivity contribution in [3.05, 3.63) is 55.5 Å². The van der Waals surface area contributed by atoms with Gasteiger partial charge >= 0.3 is 0 Å². The first-order valence-electron chi connectivity index (χ1n) is 5.61. The molecule has 0 fully saturated rings. The SMILES string of the molecule is Cc1ccc(S(=O)(=O)/C(C#N)=C/c2cc(Br)cs2)cc1. The zero-order chi connectivity index (χ0) is 14.8.